The van der Waals surface area contributed by atoms with Crippen molar-refractivity contribution in [3.8, 4) is 5.69 Å². The van der Waals surface area contributed by atoms with Crippen LogP contribution in [0.4, 0.5) is 0 Å². The maximum absolute atomic E-state index is 4.54. The predicted octanol–water partition coefficient (Wildman–Crippen LogP) is 4.16. The number of nitrogens with zero attached hydrogens (tertiary/aromatic N) is 7. The topological polar surface area (TPSA) is 74.3 Å². The molecule has 0 N–H and O–H groups in total. The average molecular weight is 420 g/mol. The lowest BCUT2D eigenvalue weighted by Gasteiger charge is -2.13. The molecular weight excluding hydrogens is 394 g/mol. The van der Waals surface area contributed by atoms with E-state index >= 15 is 0 Å². The van der Waals surface area contributed by atoms with Crippen molar-refractivity contribution in [1.29, 1.82) is 0 Å². The van der Waals surface area contributed by atoms with Crippen molar-refractivity contribution in [2.45, 2.75) is 51.1 Å². The Labute approximate surface area is 180 Å². The maximum atomic E-state index is 4.54. The second kappa shape index (κ2) is 9.21. The minimum absolute atomic E-state index is 0.640. The van der Waals surface area contributed by atoms with E-state index in [1.54, 1.807) is 11.8 Å². The quantitative estimate of drug-likeness (QED) is 0.399. The first-order chi connectivity index (χ1) is 14.7. The van der Waals surface area contributed by atoms with Crippen molar-refractivity contribution in [1.82, 2.24) is 35.0 Å². The highest BCUT2D eigenvalue weighted by Gasteiger charge is 2.18. The Balaban J connectivity index is 1.68. The summed E-state index contributed by atoms with van der Waals surface area (Å²) in [5.74, 6) is 2.41. The largest absolute Gasteiger partial charge is 0.273 e. The highest BCUT2D eigenvalue weighted by atomic mass is 32.2. The molecule has 0 radical (unpaired) electrons. The molecule has 4 rings (SSSR count). The van der Waals surface area contributed by atoms with Gasteiger partial charge in [0.15, 0.2) is 11.0 Å². The van der Waals surface area contributed by atoms with Crippen LogP contribution in [0, 0.1) is 13.8 Å². The van der Waals surface area contributed by atoms with Crippen LogP contribution in [0.2, 0.25) is 0 Å². The number of hydrogen-bond acceptors (Lipinski definition) is 6. The van der Waals surface area contributed by atoms with Crippen molar-refractivity contribution in [2.75, 3.05) is 0 Å². The lowest BCUT2D eigenvalue weighted by Crippen LogP contribution is -2.07. The summed E-state index contributed by atoms with van der Waals surface area (Å²) in [6.45, 7) is 7.17. The molecule has 2 aromatic carbocycles. The maximum Gasteiger partial charge on any atom is 0.196 e. The third-order valence-corrected chi connectivity index (χ3v) is 5.80. The molecule has 0 saturated heterocycles. The predicted molar refractivity (Wildman–Crippen MR) is 118 cm³/mol. The molecule has 7 nitrogen and oxygen atoms in total. The van der Waals surface area contributed by atoms with Gasteiger partial charge in [0.25, 0.3) is 0 Å². The monoisotopic (exact) mass is 419 g/mol. The molecule has 0 aliphatic rings. The first-order valence-corrected chi connectivity index (χ1v) is 11.1. The van der Waals surface area contributed by atoms with E-state index in [2.05, 4.69) is 93.5 Å². The molecule has 0 aliphatic carbocycles. The Morgan fingerprint density at radius 1 is 0.933 bits per heavy atom. The molecule has 2 aromatic heterocycles. The Morgan fingerprint density at radius 3 is 2.53 bits per heavy atom. The van der Waals surface area contributed by atoms with Crippen molar-refractivity contribution >= 4 is 11.8 Å². The molecular formula is C22H25N7S. The van der Waals surface area contributed by atoms with Gasteiger partial charge in [0.05, 0.1) is 11.4 Å². The second-order valence-corrected chi connectivity index (χ2v) is 8.24. The fraction of sp³-hybridized carbons (Fsp3) is 0.318. The zero-order valence-corrected chi connectivity index (χ0v) is 18.3. The molecule has 0 amide bonds. The summed E-state index contributed by atoms with van der Waals surface area (Å²) in [6, 6.07) is 16.8. The molecule has 30 heavy (non-hydrogen) atoms. The molecule has 0 atom stereocenters. The summed E-state index contributed by atoms with van der Waals surface area (Å²) in [6.07, 6.45) is 1.71. The van der Waals surface area contributed by atoms with Gasteiger partial charge in [-0.2, -0.15) is 0 Å². The first kappa shape index (κ1) is 20.3. The van der Waals surface area contributed by atoms with Crippen LogP contribution in [0.1, 0.15) is 41.7 Å². The van der Waals surface area contributed by atoms with Gasteiger partial charge in [0, 0.05) is 13.0 Å². The van der Waals surface area contributed by atoms with Crippen LogP contribution in [-0.2, 0) is 18.7 Å². The van der Waals surface area contributed by atoms with E-state index in [-0.39, 0.29) is 0 Å². The Hall–Kier alpha value is -3.00. The molecule has 0 unspecified atom stereocenters. The summed E-state index contributed by atoms with van der Waals surface area (Å²) < 4.78 is 4.02. The van der Waals surface area contributed by atoms with Crippen molar-refractivity contribution in [3.63, 3.8) is 0 Å². The fourth-order valence-corrected chi connectivity index (χ4v) is 4.32. The van der Waals surface area contributed by atoms with E-state index in [1.165, 1.54) is 16.7 Å². The van der Waals surface area contributed by atoms with Gasteiger partial charge in [-0.3, -0.25) is 4.57 Å². The molecule has 4 aromatic rings. The van der Waals surface area contributed by atoms with E-state index in [4.69, 9.17) is 0 Å². The molecule has 0 saturated carbocycles. The summed E-state index contributed by atoms with van der Waals surface area (Å²) in [5, 5.41) is 22.0. The van der Waals surface area contributed by atoms with Crippen LogP contribution in [0.5, 0.6) is 0 Å². The number of rotatable bonds is 8. The van der Waals surface area contributed by atoms with Gasteiger partial charge in [-0.15, -0.1) is 15.3 Å². The van der Waals surface area contributed by atoms with Crippen LogP contribution in [0.15, 0.2) is 53.7 Å². The van der Waals surface area contributed by atoms with Gasteiger partial charge in [0.2, 0.25) is 0 Å². The van der Waals surface area contributed by atoms with Gasteiger partial charge in [-0.25, -0.2) is 4.68 Å². The van der Waals surface area contributed by atoms with Gasteiger partial charge in [-0.05, 0) is 47.9 Å². The SMILES string of the molecule is CCCn1nnnc1CSc1nnc(Cc2ccccc2)n1-c1ccc(C)cc1C. The third kappa shape index (κ3) is 4.43. The minimum atomic E-state index is 0.640. The van der Waals surface area contributed by atoms with Crippen LogP contribution in [0.3, 0.4) is 0 Å². The zero-order valence-electron chi connectivity index (χ0n) is 17.5. The zero-order chi connectivity index (χ0) is 20.9. The molecule has 154 valence electrons. The van der Waals surface area contributed by atoms with Crippen LogP contribution >= 0.6 is 11.8 Å². The molecule has 0 spiro atoms. The van der Waals surface area contributed by atoms with E-state index in [0.29, 0.717) is 5.75 Å². The van der Waals surface area contributed by atoms with Gasteiger partial charge < -0.3 is 0 Å². The van der Waals surface area contributed by atoms with Gasteiger partial charge in [0.1, 0.15) is 5.82 Å². The Bertz CT molecular complexity index is 1120. The van der Waals surface area contributed by atoms with E-state index in [9.17, 15) is 0 Å². The lowest BCUT2D eigenvalue weighted by molar-refractivity contribution is 0.564. The van der Waals surface area contributed by atoms with Crippen LogP contribution < -0.4 is 0 Å². The third-order valence-electron chi connectivity index (χ3n) is 4.87. The number of tetrazole rings is 1. The first-order valence-electron chi connectivity index (χ1n) is 10.1. The van der Waals surface area contributed by atoms with Crippen LogP contribution in [-0.4, -0.2) is 35.0 Å². The number of hydrogen-bond donors (Lipinski definition) is 0. The normalized spacial score (nSPS) is 11.2. The Kier molecular flexibility index (Phi) is 6.23. The standard InChI is InChI=1S/C22H25N7S/c1-4-12-28-21(24-26-27-28)15-30-22-25-23-20(14-18-8-6-5-7-9-18)29(22)19-11-10-16(2)13-17(19)3/h5-11,13H,4,12,14-15H2,1-3H3. The van der Waals surface area contributed by atoms with Gasteiger partial charge >= 0.3 is 0 Å². The summed E-state index contributed by atoms with van der Waals surface area (Å²) in [4.78, 5) is 0. The van der Waals surface area contributed by atoms with E-state index in [1.807, 2.05) is 10.7 Å². The molecule has 0 aliphatic heterocycles. The lowest BCUT2D eigenvalue weighted by atomic mass is 10.1. The minimum Gasteiger partial charge on any atom is -0.273 e. The highest BCUT2D eigenvalue weighted by Crippen LogP contribution is 2.27. The summed E-state index contributed by atoms with van der Waals surface area (Å²) >= 11 is 1.61. The fourth-order valence-electron chi connectivity index (χ4n) is 3.43. The number of aryl methyl sites for hydroxylation is 3. The highest BCUT2D eigenvalue weighted by molar-refractivity contribution is 7.98. The average Bonchev–Trinajstić information content (AvgIpc) is 3.34. The van der Waals surface area contributed by atoms with Crippen molar-refractivity contribution in [3.05, 3.63) is 76.9 Å². The van der Waals surface area contributed by atoms with Crippen molar-refractivity contribution < 1.29 is 0 Å². The Morgan fingerprint density at radius 2 is 1.77 bits per heavy atom. The molecule has 2 heterocycles. The molecule has 8 heteroatoms. The second-order valence-electron chi connectivity index (χ2n) is 7.29. The number of benzene rings is 2. The van der Waals surface area contributed by atoms with Crippen molar-refractivity contribution in [2.24, 2.45) is 0 Å². The van der Waals surface area contributed by atoms with E-state index in [0.717, 1.165) is 41.9 Å². The number of thioether (sulfide) groups is 1. The summed E-state index contributed by atoms with van der Waals surface area (Å²) in [5.41, 5.74) is 4.75. The van der Waals surface area contributed by atoms with E-state index < -0.39 is 0 Å². The number of aromatic nitrogens is 7. The molecule has 0 fully saturated rings. The van der Waals surface area contributed by atoms with Crippen LogP contribution in [0.25, 0.3) is 5.69 Å². The smallest absolute Gasteiger partial charge is 0.196 e. The summed E-state index contributed by atoms with van der Waals surface area (Å²) in [7, 11) is 0. The molecule has 0 bridgehead atoms. The van der Waals surface area contributed by atoms with Gasteiger partial charge in [-0.1, -0.05) is 66.7 Å².